The third-order valence-corrected chi connectivity index (χ3v) is 8.38. The number of methoxy groups -OCH3 is 1. The monoisotopic (exact) mass is 585 g/mol. The molecule has 0 bridgehead atoms. The molecule has 8 nitrogen and oxygen atoms in total. The van der Waals surface area contributed by atoms with Gasteiger partial charge in [0.05, 0.1) is 17.7 Å². The normalized spacial score (nSPS) is 12.1. The number of ether oxygens (including phenoxy) is 1. The van der Waals surface area contributed by atoms with Gasteiger partial charge in [0.2, 0.25) is 11.8 Å². The number of carbonyl (C=O) groups is 2. The van der Waals surface area contributed by atoms with E-state index < -0.39 is 28.5 Å². The van der Waals surface area contributed by atoms with Crippen LogP contribution in [0.4, 0.5) is 5.69 Å². The molecule has 214 valence electrons. The molecule has 0 heterocycles. The molecule has 40 heavy (non-hydrogen) atoms. The Bertz CT molecular complexity index is 1440. The highest BCUT2D eigenvalue weighted by atomic mass is 35.5. The summed E-state index contributed by atoms with van der Waals surface area (Å²) in [5.41, 5.74) is 2.85. The molecule has 3 aromatic carbocycles. The second kappa shape index (κ2) is 13.2. The highest BCUT2D eigenvalue weighted by Gasteiger charge is 2.34. The Kier molecular flexibility index (Phi) is 10.2. The number of aryl methyl sites for hydroxylation is 2. The molecule has 2 amide bonds. The standard InChI is InChI=1S/C30H36ClN3O5S/c1-20(2)32-30(36)23(5)33(18-24-11-7-21(3)8-12-24)29(35)19-34(27-17-25(31)13-16-28(27)39-6)40(37,38)26-14-9-22(4)10-15-26/h7-17,20,23H,18-19H2,1-6H3,(H,32,36)/t23-/m0/s1. The van der Waals surface area contributed by atoms with E-state index in [2.05, 4.69) is 5.32 Å². The van der Waals surface area contributed by atoms with Crippen LogP contribution in [-0.2, 0) is 26.2 Å². The number of nitrogens with one attached hydrogen (secondary N) is 1. The van der Waals surface area contributed by atoms with Gasteiger partial charge < -0.3 is 15.0 Å². The minimum Gasteiger partial charge on any atom is -0.495 e. The molecule has 0 aliphatic carbocycles. The van der Waals surface area contributed by atoms with Crippen LogP contribution >= 0.6 is 11.6 Å². The number of halogens is 1. The van der Waals surface area contributed by atoms with Crippen molar-refractivity contribution in [2.75, 3.05) is 18.0 Å². The fourth-order valence-corrected chi connectivity index (χ4v) is 5.67. The van der Waals surface area contributed by atoms with Crippen LogP contribution in [0, 0.1) is 13.8 Å². The van der Waals surface area contributed by atoms with Crippen molar-refractivity contribution in [1.29, 1.82) is 0 Å². The average molecular weight is 586 g/mol. The van der Waals surface area contributed by atoms with Crippen molar-refractivity contribution in [3.63, 3.8) is 0 Å². The minimum absolute atomic E-state index is 0.00334. The zero-order chi connectivity index (χ0) is 29.6. The van der Waals surface area contributed by atoms with Crippen molar-refractivity contribution >= 4 is 39.1 Å². The maximum absolute atomic E-state index is 14.0. The van der Waals surface area contributed by atoms with Crippen molar-refractivity contribution in [2.45, 2.75) is 58.1 Å². The summed E-state index contributed by atoms with van der Waals surface area (Å²) in [7, 11) is -2.84. The number of amides is 2. The molecule has 0 saturated heterocycles. The van der Waals surface area contributed by atoms with Gasteiger partial charge in [-0.3, -0.25) is 13.9 Å². The van der Waals surface area contributed by atoms with E-state index in [9.17, 15) is 18.0 Å². The lowest BCUT2D eigenvalue weighted by Crippen LogP contribution is -2.52. The Morgan fingerprint density at radius 2 is 1.50 bits per heavy atom. The lowest BCUT2D eigenvalue weighted by atomic mass is 10.1. The van der Waals surface area contributed by atoms with Crippen LogP contribution in [0.5, 0.6) is 5.75 Å². The summed E-state index contributed by atoms with van der Waals surface area (Å²) in [6.45, 7) is 8.62. The number of benzene rings is 3. The van der Waals surface area contributed by atoms with Gasteiger partial charge in [0.15, 0.2) is 0 Å². The molecule has 0 fully saturated rings. The van der Waals surface area contributed by atoms with Gasteiger partial charge in [-0.2, -0.15) is 0 Å². The van der Waals surface area contributed by atoms with Crippen LogP contribution in [0.1, 0.15) is 37.5 Å². The zero-order valence-corrected chi connectivity index (χ0v) is 25.2. The third kappa shape index (κ3) is 7.55. The molecule has 10 heteroatoms. The summed E-state index contributed by atoms with van der Waals surface area (Å²) < 4.78 is 34.4. The molecule has 0 saturated carbocycles. The molecular formula is C30H36ClN3O5S. The third-order valence-electron chi connectivity index (χ3n) is 6.37. The van der Waals surface area contributed by atoms with Crippen molar-refractivity contribution in [1.82, 2.24) is 10.2 Å². The highest BCUT2D eigenvalue weighted by Crippen LogP contribution is 2.35. The van der Waals surface area contributed by atoms with Crippen molar-refractivity contribution in [2.24, 2.45) is 0 Å². The summed E-state index contributed by atoms with van der Waals surface area (Å²) >= 11 is 6.27. The molecular weight excluding hydrogens is 550 g/mol. The van der Waals surface area contributed by atoms with Gasteiger partial charge in [0.25, 0.3) is 10.0 Å². The number of rotatable bonds is 11. The molecule has 1 atom stereocenters. The Labute approximate surface area is 241 Å². The first-order valence-corrected chi connectivity index (χ1v) is 14.7. The molecule has 0 spiro atoms. The van der Waals surface area contributed by atoms with Crippen LogP contribution < -0.4 is 14.4 Å². The maximum atomic E-state index is 14.0. The Hall–Kier alpha value is -3.56. The molecule has 0 unspecified atom stereocenters. The molecule has 0 aliphatic rings. The smallest absolute Gasteiger partial charge is 0.264 e. The maximum Gasteiger partial charge on any atom is 0.264 e. The van der Waals surface area contributed by atoms with Crippen molar-refractivity contribution in [3.8, 4) is 5.75 Å². The van der Waals surface area contributed by atoms with E-state index >= 15 is 0 Å². The molecule has 3 rings (SSSR count). The largest absolute Gasteiger partial charge is 0.495 e. The summed E-state index contributed by atoms with van der Waals surface area (Å²) in [6.07, 6.45) is 0. The quantitative estimate of drug-likeness (QED) is 0.338. The fraction of sp³-hybridized carbons (Fsp3) is 0.333. The predicted octanol–water partition coefficient (Wildman–Crippen LogP) is 5.10. The van der Waals surface area contributed by atoms with Gasteiger partial charge in [-0.15, -0.1) is 0 Å². The summed E-state index contributed by atoms with van der Waals surface area (Å²) in [4.78, 5) is 28.4. The van der Waals surface area contributed by atoms with E-state index in [1.54, 1.807) is 31.2 Å². The van der Waals surface area contributed by atoms with Gasteiger partial charge >= 0.3 is 0 Å². The van der Waals surface area contributed by atoms with Gasteiger partial charge in [0.1, 0.15) is 18.3 Å². The van der Waals surface area contributed by atoms with Crippen LogP contribution in [0.3, 0.4) is 0 Å². The summed E-state index contributed by atoms with van der Waals surface area (Å²) in [6, 6.07) is 17.5. The first-order chi connectivity index (χ1) is 18.8. The number of hydrogen-bond acceptors (Lipinski definition) is 5. The zero-order valence-electron chi connectivity index (χ0n) is 23.6. The van der Waals surface area contributed by atoms with Gasteiger partial charge in [-0.1, -0.05) is 59.1 Å². The van der Waals surface area contributed by atoms with E-state index in [4.69, 9.17) is 16.3 Å². The molecule has 0 aliphatic heterocycles. The Morgan fingerprint density at radius 3 is 2.05 bits per heavy atom. The van der Waals surface area contributed by atoms with E-state index in [1.165, 1.54) is 30.2 Å². The lowest BCUT2D eigenvalue weighted by Gasteiger charge is -2.32. The van der Waals surface area contributed by atoms with Gasteiger partial charge in [-0.05, 0) is 70.5 Å². The summed E-state index contributed by atoms with van der Waals surface area (Å²) in [5, 5.41) is 3.11. The van der Waals surface area contributed by atoms with E-state index in [0.29, 0.717) is 0 Å². The second-order valence-electron chi connectivity index (χ2n) is 9.99. The predicted molar refractivity (Wildman–Crippen MR) is 158 cm³/mol. The first kappa shape index (κ1) is 31.0. The molecule has 3 aromatic rings. The summed E-state index contributed by atoms with van der Waals surface area (Å²) in [5.74, 6) is -0.683. The minimum atomic E-state index is -4.25. The molecule has 0 aromatic heterocycles. The van der Waals surface area contributed by atoms with E-state index in [1.807, 2.05) is 52.0 Å². The van der Waals surface area contributed by atoms with E-state index in [-0.39, 0.29) is 39.8 Å². The van der Waals surface area contributed by atoms with Crippen LogP contribution in [-0.4, -0.2) is 50.9 Å². The Morgan fingerprint density at radius 1 is 0.925 bits per heavy atom. The van der Waals surface area contributed by atoms with Gasteiger partial charge in [0, 0.05) is 17.6 Å². The average Bonchev–Trinajstić information content (AvgIpc) is 2.90. The van der Waals surface area contributed by atoms with Crippen LogP contribution in [0.2, 0.25) is 5.02 Å². The lowest BCUT2D eigenvalue weighted by molar-refractivity contribution is -0.139. The fourth-order valence-electron chi connectivity index (χ4n) is 4.09. The Balaban J connectivity index is 2.10. The number of carbonyl (C=O) groups excluding carboxylic acids is 2. The van der Waals surface area contributed by atoms with Crippen molar-refractivity contribution < 1.29 is 22.7 Å². The highest BCUT2D eigenvalue weighted by molar-refractivity contribution is 7.92. The number of sulfonamides is 1. The van der Waals surface area contributed by atoms with Crippen LogP contribution in [0.15, 0.2) is 71.6 Å². The molecule has 0 radical (unpaired) electrons. The topological polar surface area (TPSA) is 96.0 Å². The van der Waals surface area contributed by atoms with Crippen LogP contribution in [0.25, 0.3) is 0 Å². The van der Waals surface area contributed by atoms with Gasteiger partial charge in [-0.25, -0.2) is 8.42 Å². The second-order valence-corrected chi connectivity index (χ2v) is 12.3. The van der Waals surface area contributed by atoms with E-state index in [0.717, 1.165) is 21.0 Å². The SMILES string of the molecule is COc1ccc(Cl)cc1N(CC(=O)N(Cc1ccc(C)cc1)[C@@H](C)C(=O)NC(C)C)S(=O)(=O)c1ccc(C)cc1. The number of anilines is 1. The molecule has 1 N–H and O–H groups in total. The number of hydrogen-bond donors (Lipinski definition) is 1. The van der Waals surface area contributed by atoms with Crippen molar-refractivity contribution in [3.05, 3.63) is 88.4 Å². The first-order valence-electron chi connectivity index (χ1n) is 12.9. The number of nitrogens with zero attached hydrogens (tertiary/aromatic N) is 2.